The van der Waals surface area contributed by atoms with Crippen molar-refractivity contribution in [1.29, 1.82) is 0 Å². The number of esters is 1. The van der Waals surface area contributed by atoms with E-state index in [0.717, 1.165) is 0 Å². The number of hydrogen-bond donors (Lipinski definition) is 2. The van der Waals surface area contributed by atoms with Crippen molar-refractivity contribution in [3.8, 4) is 0 Å². The van der Waals surface area contributed by atoms with Crippen LogP contribution in [0.3, 0.4) is 0 Å². The van der Waals surface area contributed by atoms with Gasteiger partial charge < -0.3 is 10.5 Å². The first-order valence-electron chi connectivity index (χ1n) is 6.62. The molecule has 0 aliphatic heterocycles. The van der Waals surface area contributed by atoms with E-state index in [2.05, 4.69) is 0 Å². The summed E-state index contributed by atoms with van der Waals surface area (Å²) in [6.45, 7) is 1.74. The van der Waals surface area contributed by atoms with E-state index in [9.17, 15) is 18.8 Å². The fourth-order valence-electron chi connectivity index (χ4n) is 1.78. The minimum absolute atomic E-state index is 0.141. The first-order valence-corrected chi connectivity index (χ1v) is 6.62. The third-order valence-corrected chi connectivity index (χ3v) is 2.61. The average molecular weight is 311 g/mol. The Morgan fingerprint density at radius 2 is 1.86 bits per heavy atom. The molecule has 0 atom stereocenters. The number of benzene rings is 1. The molecule has 0 aromatic heterocycles. The maximum atomic E-state index is 12.9. The molecule has 0 saturated carbocycles. The lowest BCUT2D eigenvalue weighted by molar-refractivity contribution is -0.144. The predicted octanol–water partition coefficient (Wildman–Crippen LogP) is 0.386. The highest BCUT2D eigenvalue weighted by molar-refractivity contribution is 5.94. The Kier molecular flexibility index (Phi) is 6.97. The van der Waals surface area contributed by atoms with E-state index < -0.39 is 17.9 Å². The molecule has 0 heterocycles. The number of imide groups is 1. The standard InChI is InChI=1S/C14H18FN3O4/c1-2-22-13(20)9-18(8-12(19)17-14(16)21)7-10-3-5-11(15)6-4-10/h3-6H,2,7-9H2,1H3,(H3,16,17,19,21). The van der Waals surface area contributed by atoms with Gasteiger partial charge in [-0.05, 0) is 24.6 Å². The molecule has 0 aliphatic rings. The van der Waals surface area contributed by atoms with Crippen LogP contribution in [0.25, 0.3) is 0 Å². The number of carbonyl (C=O) groups is 3. The molecule has 0 saturated heterocycles. The van der Waals surface area contributed by atoms with Gasteiger partial charge in [-0.25, -0.2) is 9.18 Å². The summed E-state index contributed by atoms with van der Waals surface area (Å²) in [5.41, 5.74) is 5.57. The smallest absolute Gasteiger partial charge is 0.320 e. The summed E-state index contributed by atoms with van der Waals surface area (Å²) in [4.78, 5) is 35.2. The minimum atomic E-state index is -0.970. The summed E-state index contributed by atoms with van der Waals surface area (Å²) in [6, 6.07) is 4.67. The molecular weight excluding hydrogens is 293 g/mol. The lowest BCUT2D eigenvalue weighted by atomic mass is 10.2. The first-order chi connectivity index (χ1) is 10.4. The van der Waals surface area contributed by atoms with E-state index >= 15 is 0 Å². The van der Waals surface area contributed by atoms with Crippen molar-refractivity contribution in [2.75, 3.05) is 19.7 Å². The summed E-state index contributed by atoms with van der Waals surface area (Å²) >= 11 is 0. The van der Waals surface area contributed by atoms with Crippen LogP contribution in [0.1, 0.15) is 12.5 Å². The number of carbonyl (C=O) groups excluding carboxylic acids is 3. The van der Waals surface area contributed by atoms with Crippen molar-refractivity contribution in [3.05, 3.63) is 35.6 Å². The van der Waals surface area contributed by atoms with Crippen LogP contribution in [0.5, 0.6) is 0 Å². The molecule has 7 nitrogen and oxygen atoms in total. The monoisotopic (exact) mass is 311 g/mol. The van der Waals surface area contributed by atoms with E-state index in [4.69, 9.17) is 10.5 Å². The lowest BCUT2D eigenvalue weighted by Crippen LogP contribution is -2.43. The molecule has 0 radical (unpaired) electrons. The Morgan fingerprint density at radius 3 is 2.41 bits per heavy atom. The Bertz CT molecular complexity index is 533. The van der Waals surface area contributed by atoms with Gasteiger partial charge in [-0.2, -0.15) is 0 Å². The van der Waals surface area contributed by atoms with Gasteiger partial charge in [-0.1, -0.05) is 12.1 Å². The van der Waals surface area contributed by atoms with E-state index in [1.54, 1.807) is 19.1 Å². The summed E-state index contributed by atoms with van der Waals surface area (Å²) in [6.07, 6.45) is 0. The van der Waals surface area contributed by atoms with Crippen molar-refractivity contribution < 1.29 is 23.5 Å². The van der Waals surface area contributed by atoms with Crippen LogP contribution < -0.4 is 11.1 Å². The van der Waals surface area contributed by atoms with Gasteiger partial charge in [0, 0.05) is 6.54 Å². The maximum absolute atomic E-state index is 12.9. The van der Waals surface area contributed by atoms with E-state index in [-0.39, 0.29) is 32.1 Å². The molecule has 0 spiro atoms. The summed E-state index contributed by atoms with van der Waals surface area (Å²) in [5.74, 6) is -1.53. The molecule has 0 fully saturated rings. The van der Waals surface area contributed by atoms with Gasteiger partial charge in [0.2, 0.25) is 5.91 Å². The second-order valence-electron chi connectivity index (χ2n) is 4.49. The van der Waals surface area contributed by atoms with Crippen LogP contribution in [0.15, 0.2) is 24.3 Å². The third-order valence-electron chi connectivity index (χ3n) is 2.61. The minimum Gasteiger partial charge on any atom is -0.465 e. The SMILES string of the molecule is CCOC(=O)CN(CC(=O)NC(N)=O)Cc1ccc(F)cc1. The topological polar surface area (TPSA) is 102 Å². The van der Waals surface area contributed by atoms with Crippen LogP contribution in [0.2, 0.25) is 0 Å². The van der Waals surface area contributed by atoms with Crippen LogP contribution in [0.4, 0.5) is 9.18 Å². The molecule has 8 heteroatoms. The molecule has 0 bridgehead atoms. The number of rotatable bonds is 7. The number of primary amides is 1. The number of hydrogen-bond acceptors (Lipinski definition) is 5. The summed E-state index contributed by atoms with van der Waals surface area (Å²) in [7, 11) is 0. The number of ether oxygens (including phenoxy) is 1. The zero-order valence-corrected chi connectivity index (χ0v) is 12.2. The van der Waals surface area contributed by atoms with E-state index in [1.807, 2.05) is 5.32 Å². The van der Waals surface area contributed by atoms with Crippen molar-refractivity contribution in [3.63, 3.8) is 0 Å². The van der Waals surface area contributed by atoms with Gasteiger partial charge in [0.1, 0.15) is 5.82 Å². The van der Waals surface area contributed by atoms with Crippen molar-refractivity contribution in [2.24, 2.45) is 5.73 Å². The Labute approximate surface area is 127 Å². The molecule has 3 N–H and O–H groups in total. The molecule has 0 unspecified atom stereocenters. The largest absolute Gasteiger partial charge is 0.465 e. The van der Waals surface area contributed by atoms with Crippen LogP contribution >= 0.6 is 0 Å². The highest BCUT2D eigenvalue weighted by Crippen LogP contribution is 2.07. The maximum Gasteiger partial charge on any atom is 0.320 e. The number of urea groups is 1. The van der Waals surface area contributed by atoms with E-state index in [1.165, 1.54) is 17.0 Å². The number of nitrogens with one attached hydrogen (secondary N) is 1. The zero-order valence-electron chi connectivity index (χ0n) is 12.2. The summed E-state index contributed by atoms with van der Waals surface area (Å²) < 4.78 is 17.7. The van der Waals surface area contributed by atoms with Crippen LogP contribution in [0, 0.1) is 5.82 Å². The number of halogens is 1. The molecule has 120 valence electrons. The Balaban J connectivity index is 2.71. The molecule has 1 aromatic rings. The molecule has 1 aromatic carbocycles. The number of amides is 3. The van der Waals surface area contributed by atoms with Gasteiger partial charge in [-0.3, -0.25) is 19.8 Å². The van der Waals surface area contributed by atoms with Crippen LogP contribution in [-0.2, 0) is 20.9 Å². The molecular formula is C14H18FN3O4. The quantitative estimate of drug-likeness (QED) is 0.709. The average Bonchev–Trinajstić information content (AvgIpc) is 2.40. The van der Waals surface area contributed by atoms with Crippen molar-refractivity contribution in [1.82, 2.24) is 10.2 Å². The Morgan fingerprint density at radius 1 is 1.23 bits per heavy atom. The van der Waals surface area contributed by atoms with Gasteiger partial charge in [0.05, 0.1) is 19.7 Å². The van der Waals surface area contributed by atoms with E-state index in [0.29, 0.717) is 5.56 Å². The second-order valence-corrected chi connectivity index (χ2v) is 4.49. The number of nitrogens with two attached hydrogens (primary N) is 1. The van der Waals surface area contributed by atoms with Gasteiger partial charge in [-0.15, -0.1) is 0 Å². The first kappa shape index (κ1) is 17.6. The normalized spacial score (nSPS) is 10.3. The number of nitrogens with zero attached hydrogens (tertiary/aromatic N) is 1. The van der Waals surface area contributed by atoms with Crippen molar-refractivity contribution >= 4 is 17.9 Å². The van der Waals surface area contributed by atoms with Crippen molar-refractivity contribution in [2.45, 2.75) is 13.5 Å². The van der Waals surface area contributed by atoms with Crippen LogP contribution in [-0.4, -0.2) is 42.5 Å². The fraction of sp³-hybridized carbons (Fsp3) is 0.357. The third kappa shape index (κ3) is 6.80. The molecule has 3 amide bonds. The summed E-state index contributed by atoms with van der Waals surface area (Å²) in [5, 5.41) is 1.92. The zero-order chi connectivity index (χ0) is 16.5. The van der Waals surface area contributed by atoms with Gasteiger partial charge in [0.15, 0.2) is 0 Å². The predicted molar refractivity (Wildman–Crippen MR) is 76.0 cm³/mol. The van der Waals surface area contributed by atoms with Gasteiger partial charge >= 0.3 is 12.0 Å². The molecule has 0 aliphatic carbocycles. The Hall–Kier alpha value is -2.48. The molecule has 22 heavy (non-hydrogen) atoms. The lowest BCUT2D eigenvalue weighted by Gasteiger charge is -2.20. The fourth-order valence-corrected chi connectivity index (χ4v) is 1.78. The molecule has 1 rings (SSSR count). The second kappa shape index (κ2) is 8.73. The highest BCUT2D eigenvalue weighted by atomic mass is 19.1. The highest BCUT2D eigenvalue weighted by Gasteiger charge is 2.16. The van der Waals surface area contributed by atoms with Gasteiger partial charge in [0.25, 0.3) is 0 Å².